The molecule has 0 fully saturated rings. The van der Waals surface area contributed by atoms with Crippen LogP contribution < -0.4 is 11.1 Å². The van der Waals surface area contributed by atoms with Crippen molar-refractivity contribution in [2.45, 2.75) is 13.0 Å². The molecule has 0 aliphatic carbocycles. The molecule has 0 saturated carbocycles. The van der Waals surface area contributed by atoms with E-state index in [0.29, 0.717) is 16.3 Å². The predicted octanol–water partition coefficient (Wildman–Crippen LogP) is 2.81. The van der Waals surface area contributed by atoms with Gasteiger partial charge in [0.1, 0.15) is 0 Å². The van der Waals surface area contributed by atoms with Crippen LogP contribution in [0.1, 0.15) is 29.0 Å². The van der Waals surface area contributed by atoms with Crippen molar-refractivity contribution in [2.24, 2.45) is 0 Å². The third-order valence-corrected chi connectivity index (χ3v) is 2.97. The smallest absolute Gasteiger partial charge is 0.253 e. The summed E-state index contributed by atoms with van der Waals surface area (Å²) in [5, 5.41) is 3.35. The van der Waals surface area contributed by atoms with E-state index in [4.69, 9.17) is 17.3 Å². The average Bonchev–Trinajstić information content (AvgIpc) is 2.39. The van der Waals surface area contributed by atoms with Crippen LogP contribution in [0.5, 0.6) is 0 Å². The molecule has 0 aliphatic heterocycles. The van der Waals surface area contributed by atoms with Gasteiger partial charge in [0, 0.05) is 16.9 Å². The van der Waals surface area contributed by atoms with Crippen LogP contribution in [-0.4, -0.2) is 10.9 Å². The summed E-state index contributed by atoms with van der Waals surface area (Å²) in [5.41, 5.74) is 7.34. The van der Waals surface area contributed by atoms with Crippen LogP contribution in [-0.2, 0) is 0 Å². The fourth-order valence-corrected chi connectivity index (χ4v) is 1.90. The Morgan fingerprint density at radius 1 is 1.37 bits per heavy atom. The average molecular weight is 276 g/mol. The van der Waals surface area contributed by atoms with Crippen LogP contribution in [0.2, 0.25) is 5.02 Å². The maximum absolute atomic E-state index is 12.1. The molecule has 3 N–H and O–H groups in total. The summed E-state index contributed by atoms with van der Waals surface area (Å²) in [6.07, 6.45) is 1.69. The number of nitrogens with zero attached hydrogens (tertiary/aromatic N) is 1. The van der Waals surface area contributed by atoms with E-state index in [1.54, 1.807) is 24.4 Å². The van der Waals surface area contributed by atoms with Crippen LogP contribution >= 0.6 is 11.6 Å². The zero-order chi connectivity index (χ0) is 13.8. The molecule has 1 heterocycles. The van der Waals surface area contributed by atoms with Crippen LogP contribution in [0.3, 0.4) is 0 Å². The van der Waals surface area contributed by atoms with Crippen molar-refractivity contribution in [3.63, 3.8) is 0 Å². The first-order valence-electron chi connectivity index (χ1n) is 5.84. The number of aromatic nitrogens is 1. The van der Waals surface area contributed by atoms with Crippen LogP contribution in [0.4, 0.5) is 5.69 Å². The number of nitrogen functional groups attached to an aromatic ring is 1. The second kappa shape index (κ2) is 5.71. The molecule has 98 valence electrons. The van der Waals surface area contributed by atoms with Gasteiger partial charge in [-0.1, -0.05) is 17.7 Å². The predicted molar refractivity (Wildman–Crippen MR) is 76.0 cm³/mol. The lowest BCUT2D eigenvalue weighted by atomic mass is 10.1. The van der Waals surface area contributed by atoms with Crippen molar-refractivity contribution in [3.8, 4) is 0 Å². The van der Waals surface area contributed by atoms with Gasteiger partial charge in [0.15, 0.2) is 0 Å². The monoisotopic (exact) mass is 275 g/mol. The lowest BCUT2D eigenvalue weighted by Gasteiger charge is -2.14. The lowest BCUT2D eigenvalue weighted by Crippen LogP contribution is -2.27. The summed E-state index contributed by atoms with van der Waals surface area (Å²) in [5.74, 6) is -0.243. The minimum Gasteiger partial charge on any atom is -0.398 e. The van der Waals surface area contributed by atoms with E-state index in [1.807, 2.05) is 25.1 Å². The number of anilines is 1. The molecule has 4 nitrogen and oxygen atoms in total. The fourth-order valence-electron chi connectivity index (χ4n) is 1.72. The summed E-state index contributed by atoms with van der Waals surface area (Å²) in [6.45, 7) is 1.87. The molecule has 1 aromatic carbocycles. The molecule has 0 radical (unpaired) electrons. The number of rotatable bonds is 3. The highest BCUT2D eigenvalue weighted by atomic mass is 35.5. The van der Waals surface area contributed by atoms with Crippen molar-refractivity contribution in [1.29, 1.82) is 0 Å². The molecule has 2 aromatic rings. The molecular weight excluding hydrogens is 262 g/mol. The van der Waals surface area contributed by atoms with Crippen LogP contribution in [0.25, 0.3) is 0 Å². The summed E-state index contributed by atoms with van der Waals surface area (Å²) >= 11 is 5.80. The molecule has 1 aromatic heterocycles. The molecule has 2 rings (SSSR count). The number of hydrogen-bond acceptors (Lipinski definition) is 3. The quantitative estimate of drug-likeness (QED) is 0.847. The Morgan fingerprint density at radius 3 is 2.79 bits per heavy atom. The molecule has 19 heavy (non-hydrogen) atoms. The van der Waals surface area contributed by atoms with E-state index in [2.05, 4.69) is 10.3 Å². The third-order valence-electron chi connectivity index (χ3n) is 2.74. The van der Waals surface area contributed by atoms with Gasteiger partial charge in [-0.25, -0.2) is 0 Å². The van der Waals surface area contributed by atoms with Gasteiger partial charge in [-0.15, -0.1) is 0 Å². The molecule has 5 heteroatoms. The van der Waals surface area contributed by atoms with E-state index in [-0.39, 0.29) is 11.9 Å². The number of halogens is 1. The largest absolute Gasteiger partial charge is 0.398 e. The summed E-state index contributed by atoms with van der Waals surface area (Å²) in [4.78, 5) is 16.3. The standard InChI is InChI=1S/C14H14ClN3O/c1-9(13-4-2-3-7-17-13)18-14(19)11-6-5-10(15)8-12(11)16/h2-9H,16H2,1H3,(H,18,19)/t9-/m0/s1. The lowest BCUT2D eigenvalue weighted by molar-refractivity contribution is 0.0940. The minimum atomic E-state index is -0.243. The van der Waals surface area contributed by atoms with E-state index in [1.165, 1.54) is 0 Å². The second-order valence-corrected chi connectivity index (χ2v) is 4.62. The van der Waals surface area contributed by atoms with Crippen LogP contribution in [0.15, 0.2) is 42.6 Å². The Hall–Kier alpha value is -2.07. The number of benzene rings is 1. The molecule has 0 bridgehead atoms. The zero-order valence-corrected chi connectivity index (χ0v) is 11.2. The Morgan fingerprint density at radius 2 is 2.16 bits per heavy atom. The maximum atomic E-state index is 12.1. The number of hydrogen-bond donors (Lipinski definition) is 2. The van der Waals surface area contributed by atoms with Gasteiger partial charge in [0.05, 0.1) is 17.3 Å². The van der Waals surface area contributed by atoms with Gasteiger partial charge in [-0.05, 0) is 37.3 Å². The number of amides is 1. The topological polar surface area (TPSA) is 68.0 Å². The first-order chi connectivity index (χ1) is 9.08. The second-order valence-electron chi connectivity index (χ2n) is 4.18. The summed E-state index contributed by atoms with van der Waals surface area (Å²) < 4.78 is 0. The van der Waals surface area contributed by atoms with Gasteiger partial charge in [-0.3, -0.25) is 9.78 Å². The number of pyridine rings is 1. The molecule has 1 amide bonds. The molecule has 0 unspecified atom stereocenters. The fraction of sp³-hybridized carbons (Fsp3) is 0.143. The van der Waals surface area contributed by atoms with Gasteiger partial charge in [0.25, 0.3) is 5.91 Å². The van der Waals surface area contributed by atoms with Crippen molar-refractivity contribution in [1.82, 2.24) is 10.3 Å². The number of carbonyl (C=O) groups excluding carboxylic acids is 1. The first-order valence-corrected chi connectivity index (χ1v) is 6.22. The van der Waals surface area contributed by atoms with Crippen molar-refractivity contribution in [3.05, 3.63) is 58.9 Å². The molecular formula is C14H14ClN3O. The highest BCUT2D eigenvalue weighted by molar-refractivity contribution is 6.31. The number of nitrogens with two attached hydrogens (primary N) is 1. The SMILES string of the molecule is C[C@H](NC(=O)c1ccc(Cl)cc1N)c1ccccn1. The Bertz CT molecular complexity index is 586. The number of carbonyl (C=O) groups is 1. The Balaban J connectivity index is 2.13. The molecule has 0 spiro atoms. The van der Waals surface area contributed by atoms with Gasteiger partial charge in [0.2, 0.25) is 0 Å². The highest BCUT2D eigenvalue weighted by Gasteiger charge is 2.14. The van der Waals surface area contributed by atoms with E-state index in [9.17, 15) is 4.79 Å². The maximum Gasteiger partial charge on any atom is 0.253 e. The Labute approximate surface area is 116 Å². The van der Waals surface area contributed by atoms with Gasteiger partial charge < -0.3 is 11.1 Å². The van der Waals surface area contributed by atoms with E-state index in [0.717, 1.165) is 5.69 Å². The van der Waals surface area contributed by atoms with Crippen molar-refractivity contribution >= 4 is 23.2 Å². The minimum absolute atomic E-state index is 0.191. The van der Waals surface area contributed by atoms with Gasteiger partial charge in [-0.2, -0.15) is 0 Å². The molecule has 0 aliphatic rings. The normalized spacial score (nSPS) is 11.9. The third kappa shape index (κ3) is 3.23. The molecule has 1 atom stereocenters. The highest BCUT2D eigenvalue weighted by Crippen LogP contribution is 2.19. The Kier molecular flexibility index (Phi) is 4.02. The van der Waals surface area contributed by atoms with E-state index < -0.39 is 0 Å². The van der Waals surface area contributed by atoms with Crippen LogP contribution in [0, 0.1) is 0 Å². The zero-order valence-electron chi connectivity index (χ0n) is 10.4. The van der Waals surface area contributed by atoms with E-state index >= 15 is 0 Å². The van der Waals surface area contributed by atoms with Gasteiger partial charge >= 0.3 is 0 Å². The summed E-state index contributed by atoms with van der Waals surface area (Å²) in [6, 6.07) is 10.2. The van der Waals surface area contributed by atoms with Crippen molar-refractivity contribution < 1.29 is 4.79 Å². The summed E-state index contributed by atoms with van der Waals surface area (Å²) in [7, 11) is 0. The van der Waals surface area contributed by atoms with Crippen molar-refractivity contribution in [2.75, 3.05) is 5.73 Å². The first kappa shape index (κ1) is 13.4. The molecule has 0 saturated heterocycles. The number of nitrogens with one attached hydrogen (secondary N) is 1.